The molecule has 288 valence electrons. The topological polar surface area (TPSA) is 144 Å². The van der Waals surface area contributed by atoms with Crippen LogP contribution in [0.1, 0.15) is 77.6 Å². The number of imide groups is 2. The molecule has 0 saturated carbocycles. The number of hydrogen-bond donors (Lipinski definition) is 3. The average Bonchev–Trinajstić information content (AvgIpc) is 3.69. The zero-order chi connectivity index (χ0) is 38.8. The highest BCUT2D eigenvalue weighted by Gasteiger charge is 2.45. The monoisotopic (exact) mass is 777 g/mol. The third kappa shape index (κ3) is 8.02. The Morgan fingerprint density at radius 3 is 2.53 bits per heavy atom. The minimum Gasteiger partial charge on any atom is -0.384 e. The number of carbonyl (C=O) groups is 5. The highest BCUT2D eigenvalue weighted by molar-refractivity contribution is 6.31. The van der Waals surface area contributed by atoms with Gasteiger partial charge in [0.25, 0.3) is 18.2 Å². The van der Waals surface area contributed by atoms with E-state index in [9.17, 15) is 37.1 Å². The van der Waals surface area contributed by atoms with Crippen LogP contribution in [-0.4, -0.2) is 89.9 Å². The molecule has 16 heteroatoms. The molecule has 0 aliphatic carbocycles. The molecule has 2 saturated heterocycles. The van der Waals surface area contributed by atoms with Crippen molar-refractivity contribution < 1.29 is 37.1 Å². The van der Waals surface area contributed by atoms with Crippen molar-refractivity contribution in [3.63, 3.8) is 0 Å². The Morgan fingerprint density at radius 2 is 1.73 bits per heavy atom. The molecule has 0 bridgehead atoms. The number of rotatable bonds is 12. The highest BCUT2D eigenvalue weighted by Crippen LogP contribution is 2.40. The van der Waals surface area contributed by atoms with Gasteiger partial charge in [-0.15, -0.1) is 0 Å². The molecule has 2 unspecified atom stereocenters. The van der Waals surface area contributed by atoms with E-state index in [-0.39, 0.29) is 35.9 Å². The first-order valence-corrected chi connectivity index (χ1v) is 18.7. The zero-order valence-corrected chi connectivity index (χ0v) is 30.5. The van der Waals surface area contributed by atoms with Gasteiger partial charge in [-0.25, -0.2) is 13.2 Å². The number of nitrogens with one attached hydrogen (secondary N) is 3. The number of halogens is 4. The smallest absolute Gasteiger partial charge is 0.264 e. The highest BCUT2D eigenvalue weighted by atomic mass is 35.5. The van der Waals surface area contributed by atoms with Crippen LogP contribution in [0.2, 0.25) is 5.02 Å². The lowest BCUT2D eigenvalue weighted by molar-refractivity contribution is -0.136. The van der Waals surface area contributed by atoms with Crippen molar-refractivity contribution in [3.05, 3.63) is 82.1 Å². The average molecular weight is 778 g/mol. The quantitative estimate of drug-likeness (QED) is 0.148. The summed E-state index contributed by atoms with van der Waals surface area (Å²) in [6.07, 6.45) is 1.47. The Bertz CT molecular complexity index is 2080. The van der Waals surface area contributed by atoms with Gasteiger partial charge in [0, 0.05) is 48.7 Å². The van der Waals surface area contributed by atoms with E-state index < -0.39 is 48.5 Å². The summed E-state index contributed by atoms with van der Waals surface area (Å²) in [6.45, 7) is 0.802. The van der Waals surface area contributed by atoms with Crippen molar-refractivity contribution in [1.82, 2.24) is 15.1 Å². The van der Waals surface area contributed by atoms with E-state index in [4.69, 9.17) is 16.6 Å². The van der Waals surface area contributed by atoms with E-state index in [1.165, 1.54) is 23.1 Å². The largest absolute Gasteiger partial charge is 0.384 e. The summed E-state index contributed by atoms with van der Waals surface area (Å²) in [5, 5.41) is 8.99. The van der Waals surface area contributed by atoms with Crippen LogP contribution in [0, 0.1) is 5.82 Å². The second-order valence-electron chi connectivity index (χ2n) is 14.0. The summed E-state index contributed by atoms with van der Waals surface area (Å²) in [5.74, 6) is -2.38. The number of amides is 5. The van der Waals surface area contributed by atoms with Crippen molar-refractivity contribution in [2.75, 3.05) is 41.7 Å². The molecule has 0 spiro atoms. The first-order valence-electron chi connectivity index (χ1n) is 18.3. The van der Waals surface area contributed by atoms with Gasteiger partial charge in [-0.05, 0) is 74.2 Å². The molecule has 2 fully saturated rings. The maximum absolute atomic E-state index is 14.3. The number of unbranched alkanes of at least 4 members (excludes halogenated alkanes) is 3. The number of piperidine rings is 1. The second kappa shape index (κ2) is 16.1. The number of amidine groups is 1. The molecule has 0 radical (unpaired) electrons. The normalized spacial score (nSPS) is 20.0. The molecule has 4 heterocycles. The molecule has 3 aromatic rings. The Hall–Kier alpha value is -5.44. The van der Waals surface area contributed by atoms with Gasteiger partial charge >= 0.3 is 0 Å². The summed E-state index contributed by atoms with van der Waals surface area (Å²) >= 11 is 6.34. The van der Waals surface area contributed by atoms with Crippen LogP contribution in [0.4, 0.5) is 35.9 Å². The number of carbonyl (C=O) groups excluding carboxylic acids is 5. The first kappa shape index (κ1) is 37.9. The maximum Gasteiger partial charge on any atom is 0.264 e. The van der Waals surface area contributed by atoms with Crippen LogP contribution < -0.4 is 20.9 Å². The molecule has 4 aliphatic heterocycles. The number of fused-ring (bicyclic) bond motifs is 3. The molecule has 2 atom stereocenters. The molecule has 4 aliphatic rings. The van der Waals surface area contributed by atoms with Crippen LogP contribution in [0.3, 0.4) is 0 Å². The van der Waals surface area contributed by atoms with E-state index in [0.29, 0.717) is 78.1 Å². The fraction of sp³-hybridized carbons (Fsp3) is 0.385. The van der Waals surface area contributed by atoms with Gasteiger partial charge in [0.05, 0.1) is 40.8 Å². The SMILES string of the molecule is O=C1CCC(N2C(=O)c3cccc(NCCCCCCC(=O)N4CCC(N=C5Nc6cc(F)ccc6N(CC(F)F)c6ccc(Cl)cc65)C4)c3C2=O)C(=O)N1. The Labute approximate surface area is 320 Å². The van der Waals surface area contributed by atoms with Gasteiger partial charge in [0.15, 0.2) is 0 Å². The summed E-state index contributed by atoms with van der Waals surface area (Å²) < 4.78 is 41.8. The summed E-state index contributed by atoms with van der Waals surface area (Å²) in [5.41, 5.74) is 2.55. The van der Waals surface area contributed by atoms with E-state index in [1.54, 1.807) is 41.3 Å². The van der Waals surface area contributed by atoms with E-state index >= 15 is 0 Å². The van der Waals surface area contributed by atoms with Crippen molar-refractivity contribution in [1.29, 1.82) is 0 Å². The minimum absolute atomic E-state index is 0.0113. The van der Waals surface area contributed by atoms with E-state index in [2.05, 4.69) is 16.0 Å². The zero-order valence-electron chi connectivity index (χ0n) is 29.8. The van der Waals surface area contributed by atoms with Crippen molar-refractivity contribution >= 4 is 69.7 Å². The number of hydrogen-bond acceptors (Lipinski definition) is 8. The van der Waals surface area contributed by atoms with Crippen molar-refractivity contribution in [2.45, 2.75) is 69.9 Å². The van der Waals surface area contributed by atoms with Gasteiger partial charge in [0.2, 0.25) is 17.7 Å². The molecule has 7 rings (SSSR count). The lowest BCUT2D eigenvalue weighted by atomic mass is 10.0. The minimum atomic E-state index is -2.66. The summed E-state index contributed by atoms with van der Waals surface area (Å²) in [7, 11) is 0. The number of aliphatic imine (C=N–C) groups is 1. The van der Waals surface area contributed by atoms with E-state index in [1.807, 2.05) is 0 Å². The molecule has 12 nitrogen and oxygen atoms in total. The van der Waals surface area contributed by atoms with E-state index in [0.717, 1.165) is 24.2 Å². The molecule has 5 amide bonds. The molecule has 3 aromatic carbocycles. The van der Waals surface area contributed by atoms with Gasteiger partial charge in [-0.1, -0.05) is 30.5 Å². The predicted molar refractivity (Wildman–Crippen MR) is 201 cm³/mol. The lowest BCUT2D eigenvalue weighted by Gasteiger charge is -2.27. The molecule has 55 heavy (non-hydrogen) atoms. The Morgan fingerprint density at radius 1 is 0.927 bits per heavy atom. The lowest BCUT2D eigenvalue weighted by Crippen LogP contribution is -2.54. The number of nitrogens with zero attached hydrogens (tertiary/aromatic N) is 4. The molecular weight excluding hydrogens is 739 g/mol. The molecular formula is C39H39ClF3N7O5. The number of anilines is 4. The van der Waals surface area contributed by atoms with Crippen LogP contribution >= 0.6 is 11.6 Å². The van der Waals surface area contributed by atoms with Crippen molar-refractivity contribution in [2.24, 2.45) is 4.99 Å². The number of alkyl halides is 2. The van der Waals surface area contributed by atoms with Crippen LogP contribution in [0.5, 0.6) is 0 Å². The van der Waals surface area contributed by atoms with Gasteiger partial charge in [-0.3, -0.25) is 39.2 Å². The fourth-order valence-corrected chi connectivity index (χ4v) is 7.76. The van der Waals surface area contributed by atoms with Gasteiger partial charge < -0.3 is 20.4 Å². The van der Waals surface area contributed by atoms with Gasteiger partial charge in [-0.2, -0.15) is 0 Å². The Balaban J connectivity index is 0.901. The fourth-order valence-electron chi connectivity index (χ4n) is 7.59. The van der Waals surface area contributed by atoms with Gasteiger partial charge in [0.1, 0.15) is 17.7 Å². The Kier molecular flexibility index (Phi) is 11.1. The maximum atomic E-state index is 14.3. The third-order valence-corrected chi connectivity index (χ3v) is 10.5. The third-order valence-electron chi connectivity index (χ3n) is 10.3. The first-order chi connectivity index (χ1) is 26.5. The molecule has 0 aromatic heterocycles. The molecule has 3 N–H and O–H groups in total. The summed E-state index contributed by atoms with van der Waals surface area (Å²) in [4.78, 5) is 72.6. The van der Waals surface area contributed by atoms with Crippen LogP contribution in [0.25, 0.3) is 0 Å². The number of likely N-dealkylation sites (tertiary alicyclic amines) is 1. The number of benzene rings is 3. The second-order valence-corrected chi connectivity index (χ2v) is 14.4. The van der Waals surface area contributed by atoms with Crippen LogP contribution in [0.15, 0.2) is 59.6 Å². The van der Waals surface area contributed by atoms with Crippen molar-refractivity contribution in [3.8, 4) is 0 Å². The summed E-state index contributed by atoms with van der Waals surface area (Å²) in [6, 6.07) is 12.4. The standard InChI is InChI=1S/C39H39ClF3N7O5/c40-22-9-11-29-26(18-22)36(46-28-19-23(41)10-12-30(28)49(29)21-32(42)43)45-24-15-17-48(20-24)34(52)8-3-1-2-4-16-44-27-7-5-6-25-35(27)39(55)50(38(25)54)31-13-14-33(51)47-37(31)53/h5-7,9-12,18-19,24,31-32,44H,1-4,8,13-17,20-21H2,(H,45,46)(H,47,51,53). The van der Waals surface area contributed by atoms with Crippen LogP contribution in [-0.2, 0) is 14.4 Å². The predicted octanol–water partition coefficient (Wildman–Crippen LogP) is 6.12.